The minimum atomic E-state index is -5.06. The zero-order chi connectivity index (χ0) is 45.6. The fraction of sp³-hybridized carbons (Fsp3) is 0.524. The molecule has 1 aliphatic heterocycles. The molecule has 3 saturated carbocycles. The Morgan fingerprint density at radius 3 is 2.54 bits per heavy atom. The molecule has 1 aromatic heterocycles. The minimum absolute atomic E-state index is 0.0228. The second kappa shape index (κ2) is 18.3. The Balaban J connectivity index is 1.07. The Morgan fingerprint density at radius 2 is 1.86 bits per heavy atom. The number of thiophene rings is 1. The second-order valence-electron chi connectivity index (χ2n) is 17.2. The quantitative estimate of drug-likeness (QED) is 0.0902. The van der Waals surface area contributed by atoms with Gasteiger partial charge in [-0.1, -0.05) is 65.2 Å². The summed E-state index contributed by atoms with van der Waals surface area (Å²) in [6.45, 7) is 2.57. The Labute approximate surface area is 379 Å². The standard InChI is InChI=1S/C42H48BrClN3O14PS/c1-40-12-11-25(48)15-23(40)5-8-26-27-16-32-42(31(50)20-59-62(56,57)58,41(27,2)17-29(49)36(26)40)61-39(60-32)30-14-22(37(44)63-30)13-21-3-6-24(7-4-21)46-38(55)28(9-10-35(53)54)47-34(52)19-45-33(51)18-43/h3-4,6-7,11-12,14-15,26-29,32,36,39,49H,5,8-10,13,16-20H2,1-2H3,(H,45,51)(H,46,55)(H,47,52)(H,53,54)(H2,56,57,58)/t26-,27-,28-,29-,32+,36+,39+,40-,41-,42+/m0/s1. The van der Waals surface area contributed by atoms with E-state index in [2.05, 4.69) is 31.9 Å². The smallest absolute Gasteiger partial charge is 0.470 e. The number of allylic oxidation sites excluding steroid dienone is 4. The Kier molecular flexibility index (Phi) is 13.8. The summed E-state index contributed by atoms with van der Waals surface area (Å²) in [6, 6.07) is 7.37. The van der Waals surface area contributed by atoms with Crippen LogP contribution in [0.25, 0.3) is 0 Å². The number of aliphatic hydroxyl groups is 1. The third-order valence-corrected chi connectivity index (χ3v) is 15.9. The molecule has 2 aromatic rings. The van der Waals surface area contributed by atoms with E-state index in [9.17, 15) is 53.3 Å². The molecular weight excluding hydrogens is 949 g/mol. The highest BCUT2D eigenvalue weighted by Crippen LogP contribution is 2.71. The number of rotatable bonds is 16. The number of anilines is 1. The van der Waals surface area contributed by atoms with E-state index in [-0.39, 0.29) is 48.1 Å². The molecule has 0 radical (unpaired) electrons. The number of carbonyl (C=O) groups excluding carboxylic acids is 5. The van der Waals surface area contributed by atoms with Gasteiger partial charge in [-0.3, -0.25) is 33.3 Å². The molecule has 340 valence electrons. The number of aliphatic hydroxyl groups excluding tert-OH is 1. The van der Waals surface area contributed by atoms with Crippen LogP contribution in [0.4, 0.5) is 5.69 Å². The predicted octanol–water partition coefficient (Wildman–Crippen LogP) is 4.51. The molecule has 7 rings (SSSR count). The number of halogens is 2. The zero-order valence-electron chi connectivity index (χ0n) is 34.2. The van der Waals surface area contributed by atoms with Gasteiger partial charge in [0.15, 0.2) is 23.5 Å². The van der Waals surface area contributed by atoms with Gasteiger partial charge in [-0.15, -0.1) is 11.3 Å². The second-order valence-corrected chi connectivity index (χ2v) is 20.7. The number of aliphatic carboxylic acids is 1. The highest BCUT2D eigenvalue weighted by molar-refractivity contribution is 9.09. The summed E-state index contributed by atoms with van der Waals surface area (Å²) < 4.78 is 30.4. The van der Waals surface area contributed by atoms with Crippen molar-refractivity contribution in [3.05, 3.63) is 74.5 Å². The number of hydrogen-bond acceptors (Lipinski definition) is 12. The number of fused-ring (bicyclic) bond motifs is 7. The lowest BCUT2D eigenvalue weighted by Gasteiger charge is -2.59. The van der Waals surface area contributed by atoms with Gasteiger partial charge in [-0.2, -0.15) is 0 Å². The van der Waals surface area contributed by atoms with Gasteiger partial charge < -0.3 is 45.4 Å². The van der Waals surface area contributed by atoms with Crippen molar-refractivity contribution in [2.75, 3.05) is 23.8 Å². The Hall–Kier alpha value is -3.62. The molecule has 5 aliphatic rings. The van der Waals surface area contributed by atoms with E-state index >= 15 is 0 Å². The van der Waals surface area contributed by atoms with Crippen molar-refractivity contribution in [2.24, 2.45) is 28.6 Å². The number of ether oxygens (including phenoxy) is 2. The maximum Gasteiger partial charge on any atom is 0.470 e. The number of phosphoric acid groups is 1. The molecule has 3 amide bonds. The van der Waals surface area contributed by atoms with E-state index in [4.69, 9.17) is 25.6 Å². The van der Waals surface area contributed by atoms with Crippen LogP contribution in [0.5, 0.6) is 0 Å². The van der Waals surface area contributed by atoms with Crippen LogP contribution < -0.4 is 16.0 Å². The van der Waals surface area contributed by atoms with Crippen molar-refractivity contribution in [3.8, 4) is 0 Å². The topological polar surface area (TPSA) is 264 Å². The number of amides is 3. The van der Waals surface area contributed by atoms with Crippen molar-refractivity contribution in [1.29, 1.82) is 0 Å². The molecule has 0 spiro atoms. The highest BCUT2D eigenvalue weighted by atomic mass is 79.9. The van der Waals surface area contributed by atoms with Crippen molar-refractivity contribution in [3.63, 3.8) is 0 Å². The molecule has 17 nitrogen and oxygen atoms in total. The van der Waals surface area contributed by atoms with Crippen LogP contribution >= 0.6 is 46.7 Å². The maximum atomic E-state index is 14.4. The summed E-state index contributed by atoms with van der Waals surface area (Å²) in [5.74, 6) is -4.25. The number of benzene rings is 1. The maximum absolute atomic E-state index is 14.4. The molecule has 1 saturated heterocycles. The largest absolute Gasteiger partial charge is 0.481 e. The first-order valence-corrected chi connectivity index (χ1v) is 24.2. The van der Waals surface area contributed by atoms with Gasteiger partial charge in [0.25, 0.3) is 0 Å². The van der Waals surface area contributed by atoms with Crippen LogP contribution in [0.15, 0.2) is 54.1 Å². The van der Waals surface area contributed by atoms with Crippen molar-refractivity contribution >= 4 is 87.6 Å². The number of ketones is 2. The van der Waals surface area contributed by atoms with E-state index in [1.54, 1.807) is 42.5 Å². The van der Waals surface area contributed by atoms with E-state index in [1.165, 1.54) is 11.3 Å². The SMILES string of the molecule is C[C@]12C=CC(=O)C=C1CC[C@@H]1[C@@H]2[C@@H](O)C[C@@]2(C)[C@H]1C[C@H]1O[C@@H](c3cc(Cc4ccc(NC(=O)[C@H](CCC(=O)O)NC(=O)CNC(=O)CBr)cc4)c(Cl)s3)O[C@]12C(=O)COP(=O)(O)O. The zero-order valence-corrected chi connectivity index (χ0v) is 38.3. The molecule has 2 heterocycles. The number of carboxylic acid groups (broad SMARTS) is 1. The monoisotopic (exact) mass is 995 g/mol. The molecular formula is C42H48BrClN3O14PS. The first kappa shape index (κ1) is 47.3. The number of alkyl halides is 1. The third-order valence-electron chi connectivity index (χ3n) is 13.5. The summed E-state index contributed by atoms with van der Waals surface area (Å²) in [5, 5.41) is 28.7. The van der Waals surface area contributed by atoms with Crippen LogP contribution in [0, 0.1) is 28.6 Å². The Bertz CT molecular complexity index is 2300. The molecule has 7 N–H and O–H groups in total. The average molecular weight is 997 g/mol. The van der Waals surface area contributed by atoms with Crippen LogP contribution in [-0.2, 0) is 53.8 Å². The lowest BCUT2D eigenvalue weighted by Crippen LogP contribution is -2.63. The highest BCUT2D eigenvalue weighted by Gasteiger charge is 2.76. The van der Waals surface area contributed by atoms with Gasteiger partial charge >= 0.3 is 13.8 Å². The van der Waals surface area contributed by atoms with Gasteiger partial charge in [0.1, 0.15) is 12.6 Å². The molecule has 1 aromatic carbocycles. The summed E-state index contributed by atoms with van der Waals surface area (Å²) in [6.07, 6.45) is 3.78. The number of nitrogens with one attached hydrogen (secondary N) is 3. The van der Waals surface area contributed by atoms with E-state index in [1.807, 2.05) is 19.9 Å². The van der Waals surface area contributed by atoms with Crippen LogP contribution in [0.1, 0.15) is 74.7 Å². The van der Waals surface area contributed by atoms with E-state index < -0.39 is 91.4 Å². The number of carboxylic acids is 1. The molecule has 63 heavy (non-hydrogen) atoms. The van der Waals surface area contributed by atoms with Crippen molar-refractivity contribution in [2.45, 2.75) is 88.9 Å². The van der Waals surface area contributed by atoms with Gasteiger partial charge in [0.2, 0.25) is 17.7 Å². The third kappa shape index (κ3) is 9.42. The number of phosphoric ester groups is 1. The average Bonchev–Trinajstić information content (AvgIpc) is 3.86. The normalized spacial score (nSPS) is 31.2. The molecule has 0 bridgehead atoms. The van der Waals surface area contributed by atoms with E-state index in [0.29, 0.717) is 46.1 Å². The fourth-order valence-corrected chi connectivity index (χ4v) is 12.5. The van der Waals surface area contributed by atoms with Crippen LogP contribution in [-0.4, -0.2) is 97.6 Å². The summed E-state index contributed by atoms with van der Waals surface area (Å²) in [4.78, 5) is 94.7. The fourth-order valence-electron chi connectivity index (χ4n) is 10.8. The predicted molar refractivity (Wildman–Crippen MR) is 231 cm³/mol. The van der Waals surface area contributed by atoms with Crippen LogP contribution in [0.3, 0.4) is 0 Å². The molecule has 10 atom stereocenters. The molecule has 0 unspecified atom stereocenters. The lowest BCUT2D eigenvalue weighted by atomic mass is 9.46. The molecule has 21 heteroatoms. The van der Waals surface area contributed by atoms with Gasteiger partial charge in [0, 0.05) is 28.9 Å². The molecule has 4 fully saturated rings. The van der Waals surface area contributed by atoms with Gasteiger partial charge in [0.05, 0.1) is 33.3 Å². The first-order chi connectivity index (χ1) is 29.7. The van der Waals surface area contributed by atoms with Gasteiger partial charge in [-0.25, -0.2) is 4.57 Å². The van der Waals surface area contributed by atoms with Crippen LogP contribution in [0.2, 0.25) is 4.34 Å². The first-order valence-electron chi connectivity index (χ1n) is 20.4. The summed E-state index contributed by atoms with van der Waals surface area (Å²) in [7, 11) is -5.06. The number of carbonyl (C=O) groups is 6. The molecule has 4 aliphatic carbocycles. The summed E-state index contributed by atoms with van der Waals surface area (Å²) in [5.41, 5.74) is -0.522. The van der Waals surface area contributed by atoms with Crippen molar-refractivity contribution < 1.29 is 67.3 Å². The lowest BCUT2D eigenvalue weighted by molar-refractivity contribution is -0.200. The summed E-state index contributed by atoms with van der Waals surface area (Å²) >= 11 is 11.0. The minimum Gasteiger partial charge on any atom is -0.481 e. The number of hydrogen-bond donors (Lipinski definition) is 7. The number of Topliss-reactive ketones (excluding diaryl/α,β-unsaturated/α-hetero) is 1. The van der Waals surface area contributed by atoms with Gasteiger partial charge in [-0.05, 0) is 91.8 Å². The van der Waals surface area contributed by atoms with Crippen molar-refractivity contribution in [1.82, 2.24) is 10.6 Å². The Morgan fingerprint density at radius 1 is 1.13 bits per heavy atom. The van der Waals surface area contributed by atoms with E-state index in [0.717, 1.165) is 11.1 Å².